The minimum atomic E-state index is -3.70. The summed E-state index contributed by atoms with van der Waals surface area (Å²) in [5.74, 6) is 1.32. The molecule has 0 radical (unpaired) electrons. The fourth-order valence-electron chi connectivity index (χ4n) is 4.10. The number of rotatable bonds is 4. The summed E-state index contributed by atoms with van der Waals surface area (Å²) >= 11 is 6.10. The molecule has 1 spiro atoms. The minimum absolute atomic E-state index is 0.0265. The van der Waals surface area contributed by atoms with E-state index in [4.69, 9.17) is 16.1 Å². The molecule has 152 valence electrons. The van der Waals surface area contributed by atoms with E-state index in [0.717, 1.165) is 24.8 Å². The van der Waals surface area contributed by atoms with Crippen LogP contribution in [0.2, 0.25) is 5.15 Å². The van der Waals surface area contributed by atoms with Crippen molar-refractivity contribution in [3.63, 3.8) is 0 Å². The Hall–Kier alpha value is -2.30. The molecule has 5 rings (SSSR count). The van der Waals surface area contributed by atoms with Crippen LogP contribution < -0.4 is 0 Å². The van der Waals surface area contributed by atoms with Gasteiger partial charge in [-0.3, -0.25) is 4.98 Å². The first-order chi connectivity index (χ1) is 13.9. The van der Waals surface area contributed by atoms with Gasteiger partial charge < -0.3 is 9.09 Å². The predicted molar refractivity (Wildman–Crippen MR) is 104 cm³/mol. The number of imidazole rings is 1. The van der Waals surface area contributed by atoms with Crippen LogP contribution in [-0.4, -0.2) is 50.5 Å². The lowest BCUT2D eigenvalue weighted by Gasteiger charge is -2.31. The molecule has 1 atom stereocenters. The van der Waals surface area contributed by atoms with Crippen molar-refractivity contribution in [2.24, 2.45) is 12.5 Å². The maximum Gasteiger partial charge on any atom is 0.263 e. The van der Waals surface area contributed by atoms with Crippen molar-refractivity contribution in [3.8, 4) is 11.4 Å². The van der Waals surface area contributed by atoms with E-state index in [1.165, 1.54) is 15.2 Å². The highest BCUT2D eigenvalue weighted by Gasteiger charge is 2.59. The number of pyridine rings is 1. The SMILES string of the molecule is Cn1cnc(S(=O)(=O)N2CCC3(CC2)C[C@@H]3c2nc(-c3cccnc3)no2)c1Cl. The highest BCUT2D eigenvalue weighted by atomic mass is 35.5. The molecular weight excluding hydrogens is 416 g/mol. The van der Waals surface area contributed by atoms with Gasteiger partial charge in [-0.2, -0.15) is 9.29 Å². The average Bonchev–Trinajstić information content (AvgIpc) is 3.05. The Balaban J connectivity index is 1.28. The number of sulfonamides is 1. The molecule has 3 aromatic heterocycles. The standard InChI is InChI=1S/C18H19ClN6O3S/c1-24-11-21-17(14(24)19)29(26,27)25-7-4-18(5-8-25)9-13(18)16-22-15(23-28-16)12-3-2-6-20-10-12/h2-3,6,10-11,13H,4-5,7-9H2,1H3/t13-/m1/s1. The Morgan fingerprint density at radius 3 is 2.76 bits per heavy atom. The van der Waals surface area contributed by atoms with Gasteiger partial charge in [-0.15, -0.1) is 0 Å². The molecule has 0 bridgehead atoms. The van der Waals surface area contributed by atoms with Gasteiger partial charge in [-0.1, -0.05) is 16.8 Å². The number of nitrogens with zero attached hydrogens (tertiary/aromatic N) is 6. The monoisotopic (exact) mass is 434 g/mol. The minimum Gasteiger partial charge on any atom is -0.339 e. The van der Waals surface area contributed by atoms with Gasteiger partial charge in [0.25, 0.3) is 10.0 Å². The third-order valence-electron chi connectivity index (χ3n) is 5.99. The summed E-state index contributed by atoms with van der Waals surface area (Å²) in [6.45, 7) is 0.852. The van der Waals surface area contributed by atoms with Gasteiger partial charge in [0.05, 0.1) is 6.33 Å². The Labute approximate surface area is 172 Å². The maximum absolute atomic E-state index is 12.9. The van der Waals surface area contributed by atoms with E-state index < -0.39 is 10.0 Å². The molecule has 0 amide bonds. The van der Waals surface area contributed by atoms with E-state index in [2.05, 4.69) is 20.1 Å². The molecule has 29 heavy (non-hydrogen) atoms. The van der Waals surface area contributed by atoms with Crippen LogP contribution in [0.1, 0.15) is 31.1 Å². The van der Waals surface area contributed by atoms with Gasteiger partial charge in [0.1, 0.15) is 5.15 Å². The number of hydrogen-bond donors (Lipinski definition) is 0. The van der Waals surface area contributed by atoms with Crippen LogP contribution in [0.5, 0.6) is 0 Å². The van der Waals surface area contributed by atoms with E-state index in [0.29, 0.717) is 24.8 Å². The van der Waals surface area contributed by atoms with Crippen LogP contribution in [0.3, 0.4) is 0 Å². The molecule has 0 aromatic carbocycles. The summed E-state index contributed by atoms with van der Waals surface area (Å²) in [6.07, 6.45) is 7.22. The summed E-state index contributed by atoms with van der Waals surface area (Å²) in [5.41, 5.74) is 0.837. The fourth-order valence-corrected chi connectivity index (χ4v) is 5.93. The predicted octanol–water partition coefficient (Wildman–Crippen LogP) is 2.48. The first kappa shape index (κ1) is 18.7. The van der Waals surface area contributed by atoms with Gasteiger partial charge in [-0.05, 0) is 36.8 Å². The lowest BCUT2D eigenvalue weighted by molar-refractivity contribution is 0.242. The van der Waals surface area contributed by atoms with Crippen molar-refractivity contribution in [1.29, 1.82) is 0 Å². The average molecular weight is 435 g/mol. The van der Waals surface area contributed by atoms with Crippen molar-refractivity contribution in [1.82, 2.24) is 29.0 Å². The van der Waals surface area contributed by atoms with Crippen LogP contribution in [-0.2, 0) is 17.1 Å². The molecule has 3 aromatic rings. The highest BCUT2D eigenvalue weighted by Crippen LogP contribution is 2.64. The van der Waals surface area contributed by atoms with Crippen LogP contribution in [0.4, 0.5) is 0 Å². The number of piperidine rings is 1. The van der Waals surface area contributed by atoms with Crippen LogP contribution in [0, 0.1) is 5.41 Å². The van der Waals surface area contributed by atoms with Gasteiger partial charge in [0.2, 0.25) is 16.7 Å². The Morgan fingerprint density at radius 2 is 2.10 bits per heavy atom. The number of hydrogen-bond acceptors (Lipinski definition) is 7. The van der Waals surface area contributed by atoms with Crippen LogP contribution in [0.15, 0.2) is 40.4 Å². The summed E-state index contributed by atoms with van der Waals surface area (Å²) in [7, 11) is -2.03. The molecule has 4 heterocycles. The number of aromatic nitrogens is 5. The van der Waals surface area contributed by atoms with E-state index >= 15 is 0 Å². The lowest BCUT2D eigenvalue weighted by atomic mass is 9.92. The van der Waals surface area contributed by atoms with Gasteiger partial charge in [0.15, 0.2) is 0 Å². The Bertz CT molecular complexity index is 1150. The van der Waals surface area contributed by atoms with Crippen LogP contribution in [0.25, 0.3) is 11.4 Å². The van der Waals surface area contributed by atoms with Gasteiger partial charge in [0, 0.05) is 44.0 Å². The molecule has 2 aliphatic rings. The third-order valence-corrected chi connectivity index (χ3v) is 8.38. The molecule has 0 unspecified atom stereocenters. The van der Waals surface area contributed by atoms with Crippen molar-refractivity contribution in [2.75, 3.05) is 13.1 Å². The van der Waals surface area contributed by atoms with E-state index in [9.17, 15) is 8.42 Å². The molecule has 1 saturated carbocycles. The first-order valence-corrected chi connectivity index (χ1v) is 11.1. The fraction of sp³-hybridized carbons (Fsp3) is 0.444. The zero-order valence-corrected chi connectivity index (χ0v) is 17.3. The molecule has 1 aliphatic carbocycles. The normalized spacial score (nSPS) is 21.5. The molecule has 1 aliphatic heterocycles. The molecule has 2 fully saturated rings. The van der Waals surface area contributed by atoms with Crippen molar-refractivity contribution in [2.45, 2.75) is 30.2 Å². The van der Waals surface area contributed by atoms with Crippen molar-refractivity contribution in [3.05, 3.63) is 41.9 Å². The van der Waals surface area contributed by atoms with Crippen LogP contribution >= 0.6 is 11.6 Å². The van der Waals surface area contributed by atoms with E-state index in [1.807, 2.05) is 12.1 Å². The molecule has 0 N–H and O–H groups in total. The molecule has 1 saturated heterocycles. The zero-order valence-electron chi connectivity index (χ0n) is 15.7. The second kappa shape index (κ2) is 6.61. The Kier molecular flexibility index (Phi) is 4.27. The Morgan fingerprint density at radius 1 is 1.31 bits per heavy atom. The second-order valence-corrected chi connectivity index (χ2v) is 9.88. The summed E-state index contributed by atoms with van der Waals surface area (Å²) in [5, 5.41) is 4.12. The smallest absolute Gasteiger partial charge is 0.263 e. The summed E-state index contributed by atoms with van der Waals surface area (Å²) < 4.78 is 34.2. The quantitative estimate of drug-likeness (QED) is 0.620. The van der Waals surface area contributed by atoms with Crippen molar-refractivity contribution < 1.29 is 12.9 Å². The second-order valence-electron chi connectivity index (χ2n) is 7.67. The number of aryl methyl sites for hydroxylation is 1. The van der Waals surface area contributed by atoms with E-state index in [-0.39, 0.29) is 21.5 Å². The maximum atomic E-state index is 12.9. The lowest BCUT2D eigenvalue weighted by Crippen LogP contribution is -2.39. The zero-order chi connectivity index (χ0) is 20.2. The topological polar surface area (TPSA) is 107 Å². The summed E-state index contributed by atoms with van der Waals surface area (Å²) in [6, 6.07) is 3.71. The van der Waals surface area contributed by atoms with E-state index in [1.54, 1.807) is 19.4 Å². The molecule has 9 nitrogen and oxygen atoms in total. The van der Waals surface area contributed by atoms with Gasteiger partial charge >= 0.3 is 0 Å². The highest BCUT2D eigenvalue weighted by molar-refractivity contribution is 7.89. The first-order valence-electron chi connectivity index (χ1n) is 9.32. The van der Waals surface area contributed by atoms with Crippen molar-refractivity contribution >= 4 is 21.6 Å². The largest absolute Gasteiger partial charge is 0.339 e. The molecule has 11 heteroatoms. The summed E-state index contributed by atoms with van der Waals surface area (Å²) in [4.78, 5) is 12.6. The number of halogens is 1. The van der Waals surface area contributed by atoms with Gasteiger partial charge in [-0.25, -0.2) is 13.4 Å². The molecular formula is C18H19ClN6O3S. The third kappa shape index (κ3) is 3.06.